The molecule has 0 saturated carbocycles. The SMILES string of the molecule is CCCNC(=O)C(C)N(Cc1cccc(C)c1)C(=O)CN(c1ccc2c(c1)OCO2)S(C)(=O)=O. The molecule has 1 heterocycles. The number of hydrogen-bond acceptors (Lipinski definition) is 6. The molecule has 1 aliphatic rings. The predicted octanol–water partition coefficient (Wildman–Crippen LogP) is 2.43. The number of sulfonamides is 1. The molecule has 1 atom stereocenters. The zero-order valence-electron chi connectivity index (χ0n) is 19.9. The van der Waals surface area contributed by atoms with Crippen molar-refractivity contribution >= 4 is 27.5 Å². The summed E-state index contributed by atoms with van der Waals surface area (Å²) in [6, 6.07) is 11.5. The minimum Gasteiger partial charge on any atom is -0.454 e. The van der Waals surface area contributed by atoms with Gasteiger partial charge in [-0.3, -0.25) is 13.9 Å². The molecule has 0 radical (unpaired) electrons. The van der Waals surface area contributed by atoms with Crippen LogP contribution in [0, 0.1) is 6.92 Å². The maximum atomic E-state index is 13.5. The molecule has 0 saturated heterocycles. The second-order valence-electron chi connectivity index (χ2n) is 8.28. The fourth-order valence-electron chi connectivity index (χ4n) is 3.64. The molecule has 9 nitrogen and oxygen atoms in total. The molecule has 34 heavy (non-hydrogen) atoms. The van der Waals surface area contributed by atoms with E-state index >= 15 is 0 Å². The van der Waals surface area contributed by atoms with E-state index in [1.54, 1.807) is 19.1 Å². The van der Waals surface area contributed by atoms with Crippen LogP contribution in [0.1, 0.15) is 31.4 Å². The fraction of sp³-hybridized carbons (Fsp3) is 0.417. The van der Waals surface area contributed by atoms with Crippen molar-refractivity contribution in [2.24, 2.45) is 0 Å². The van der Waals surface area contributed by atoms with Gasteiger partial charge in [0, 0.05) is 19.2 Å². The molecule has 0 spiro atoms. The molecule has 0 bridgehead atoms. The van der Waals surface area contributed by atoms with E-state index in [0.29, 0.717) is 18.0 Å². The zero-order valence-corrected chi connectivity index (χ0v) is 20.7. The van der Waals surface area contributed by atoms with Crippen molar-refractivity contribution in [2.45, 2.75) is 39.8 Å². The number of ether oxygens (including phenoxy) is 2. The van der Waals surface area contributed by atoms with Crippen LogP contribution in [0.4, 0.5) is 5.69 Å². The summed E-state index contributed by atoms with van der Waals surface area (Å²) in [5, 5.41) is 2.81. The first-order valence-corrected chi connectivity index (χ1v) is 12.9. The van der Waals surface area contributed by atoms with E-state index in [0.717, 1.165) is 28.1 Å². The number of fused-ring (bicyclic) bond motifs is 1. The highest BCUT2D eigenvalue weighted by Gasteiger charge is 2.30. The quantitative estimate of drug-likeness (QED) is 0.550. The van der Waals surface area contributed by atoms with Gasteiger partial charge in [0.2, 0.25) is 28.6 Å². The number of aryl methyl sites for hydroxylation is 1. The number of rotatable bonds is 10. The smallest absolute Gasteiger partial charge is 0.244 e. The van der Waals surface area contributed by atoms with E-state index in [4.69, 9.17) is 9.47 Å². The van der Waals surface area contributed by atoms with Crippen molar-refractivity contribution in [3.63, 3.8) is 0 Å². The third kappa shape index (κ3) is 6.19. The summed E-state index contributed by atoms with van der Waals surface area (Å²) in [6.45, 7) is 5.77. The average molecular weight is 490 g/mol. The van der Waals surface area contributed by atoms with Crippen LogP contribution >= 0.6 is 0 Å². The molecule has 2 amide bonds. The van der Waals surface area contributed by atoms with Crippen LogP contribution < -0.4 is 19.1 Å². The van der Waals surface area contributed by atoms with Crippen LogP contribution in [0.25, 0.3) is 0 Å². The lowest BCUT2D eigenvalue weighted by Crippen LogP contribution is -2.51. The van der Waals surface area contributed by atoms with E-state index in [-0.39, 0.29) is 24.9 Å². The van der Waals surface area contributed by atoms with Crippen LogP contribution in [-0.4, -0.2) is 57.3 Å². The Morgan fingerprint density at radius 1 is 1.12 bits per heavy atom. The molecule has 184 valence electrons. The summed E-state index contributed by atoms with van der Waals surface area (Å²) in [4.78, 5) is 27.6. The topological polar surface area (TPSA) is 105 Å². The summed E-state index contributed by atoms with van der Waals surface area (Å²) in [5.74, 6) is 0.119. The highest BCUT2D eigenvalue weighted by molar-refractivity contribution is 7.92. The van der Waals surface area contributed by atoms with E-state index < -0.39 is 28.5 Å². The van der Waals surface area contributed by atoms with Gasteiger partial charge in [-0.15, -0.1) is 0 Å². The molecule has 2 aromatic carbocycles. The van der Waals surface area contributed by atoms with Crippen molar-refractivity contribution < 1.29 is 27.5 Å². The van der Waals surface area contributed by atoms with Crippen LogP contribution in [0.5, 0.6) is 11.5 Å². The maximum absolute atomic E-state index is 13.5. The normalized spacial score (nSPS) is 13.3. The number of nitrogens with one attached hydrogen (secondary N) is 1. The summed E-state index contributed by atoms with van der Waals surface area (Å²) in [6.07, 6.45) is 1.80. The molecule has 1 aliphatic heterocycles. The van der Waals surface area contributed by atoms with Crippen LogP contribution in [0.15, 0.2) is 42.5 Å². The van der Waals surface area contributed by atoms with Gasteiger partial charge in [0.05, 0.1) is 11.9 Å². The Morgan fingerprint density at radius 2 is 1.85 bits per heavy atom. The molecule has 1 unspecified atom stereocenters. The Hall–Kier alpha value is -3.27. The summed E-state index contributed by atoms with van der Waals surface area (Å²) < 4.78 is 36.9. The average Bonchev–Trinajstić information content (AvgIpc) is 3.26. The molecule has 0 fully saturated rings. The van der Waals surface area contributed by atoms with E-state index in [1.807, 2.05) is 38.1 Å². The Labute approximate surface area is 200 Å². The van der Waals surface area contributed by atoms with Gasteiger partial charge in [-0.2, -0.15) is 0 Å². The van der Waals surface area contributed by atoms with Crippen molar-refractivity contribution in [2.75, 3.05) is 30.4 Å². The van der Waals surface area contributed by atoms with Gasteiger partial charge in [-0.1, -0.05) is 36.8 Å². The third-order valence-electron chi connectivity index (χ3n) is 5.48. The van der Waals surface area contributed by atoms with Crippen LogP contribution in [-0.2, 0) is 26.2 Å². The second kappa shape index (κ2) is 10.8. The number of benzene rings is 2. The predicted molar refractivity (Wildman–Crippen MR) is 129 cm³/mol. The lowest BCUT2D eigenvalue weighted by molar-refractivity contribution is -0.139. The number of amides is 2. The number of nitrogens with zero attached hydrogens (tertiary/aromatic N) is 2. The third-order valence-corrected chi connectivity index (χ3v) is 6.62. The Bertz CT molecular complexity index is 1150. The van der Waals surface area contributed by atoms with Crippen LogP contribution in [0.3, 0.4) is 0 Å². The van der Waals surface area contributed by atoms with Gasteiger partial charge >= 0.3 is 0 Å². The first-order valence-electron chi connectivity index (χ1n) is 11.1. The monoisotopic (exact) mass is 489 g/mol. The molecule has 0 aliphatic carbocycles. The first kappa shape index (κ1) is 25.4. The van der Waals surface area contributed by atoms with Crippen molar-refractivity contribution in [1.29, 1.82) is 0 Å². The van der Waals surface area contributed by atoms with Crippen molar-refractivity contribution in [3.05, 3.63) is 53.6 Å². The number of anilines is 1. The van der Waals surface area contributed by atoms with Gasteiger partial charge in [-0.05, 0) is 38.0 Å². The molecule has 0 aromatic heterocycles. The van der Waals surface area contributed by atoms with Crippen molar-refractivity contribution in [3.8, 4) is 11.5 Å². The van der Waals surface area contributed by atoms with Gasteiger partial charge in [0.25, 0.3) is 0 Å². The molecular weight excluding hydrogens is 458 g/mol. The lowest BCUT2D eigenvalue weighted by atomic mass is 10.1. The van der Waals surface area contributed by atoms with Gasteiger partial charge in [0.1, 0.15) is 12.6 Å². The highest BCUT2D eigenvalue weighted by atomic mass is 32.2. The van der Waals surface area contributed by atoms with Crippen LogP contribution in [0.2, 0.25) is 0 Å². The number of carbonyl (C=O) groups is 2. The van der Waals surface area contributed by atoms with Gasteiger partial charge in [-0.25, -0.2) is 8.42 Å². The van der Waals surface area contributed by atoms with Gasteiger partial charge < -0.3 is 19.7 Å². The summed E-state index contributed by atoms with van der Waals surface area (Å²) in [7, 11) is -3.81. The second-order valence-corrected chi connectivity index (χ2v) is 10.2. The first-order chi connectivity index (χ1) is 16.1. The summed E-state index contributed by atoms with van der Waals surface area (Å²) in [5.41, 5.74) is 2.14. The summed E-state index contributed by atoms with van der Waals surface area (Å²) >= 11 is 0. The Morgan fingerprint density at radius 3 is 2.53 bits per heavy atom. The number of hydrogen-bond donors (Lipinski definition) is 1. The number of carbonyl (C=O) groups excluding carboxylic acids is 2. The molecule has 3 rings (SSSR count). The van der Waals surface area contributed by atoms with E-state index in [9.17, 15) is 18.0 Å². The van der Waals surface area contributed by atoms with E-state index in [1.165, 1.54) is 11.0 Å². The standard InChI is InChI=1S/C24H31N3O6S/c1-5-11-25-24(29)18(3)26(14-19-8-6-7-17(2)12-19)23(28)15-27(34(4,30)31)20-9-10-21-22(13-20)33-16-32-21/h6-10,12-13,18H,5,11,14-16H2,1-4H3,(H,25,29). The van der Waals surface area contributed by atoms with Gasteiger partial charge in [0.15, 0.2) is 11.5 Å². The Balaban J connectivity index is 1.90. The Kier molecular flexibility index (Phi) is 8.03. The minimum atomic E-state index is -3.81. The fourth-order valence-corrected chi connectivity index (χ4v) is 4.48. The molecule has 2 aromatic rings. The van der Waals surface area contributed by atoms with E-state index in [2.05, 4.69) is 5.32 Å². The maximum Gasteiger partial charge on any atom is 0.244 e. The lowest BCUT2D eigenvalue weighted by Gasteiger charge is -2.31. The highest BCUT2D eigenvalue weighted by Crippen LogP contribution is 2.36. The largest absolute Gasteiger partial charge is 0.454 e. The molecule has 10 heteroatoms. The zero-order chi connectivity index (χ0) is 24.9. The molecule has 1 N–H and O–H groups in total. The minimum absolute atomic E-state index is 0.0469. The molecular formula is C24H31N3O6S. The van der Waals surface area contributed by atoms with Crippen molar-refractivity contribution in [1.82, 2.24) is 10.2 Å².